The molecular weight excluding hydrogens is 214 g/mol. The first-order valence-corrected chi connectivity index (χ1v) is 5.98. The number of nitrogen functional groups attached to an aromatic ring is 1. The number of aromatic nitrogens is 1. The first kappa shape index (κ1) is 12.0. The van der Waals surface area contributed by atoms with E-state index in [0.29, 0.717) is 11.4 Å². The number of nitrogens with zero attached hydrogens (tertiary/aromatic N) is 2. The molecule has 0 amide bonds. The number of nitriles is 1. The van der Waals surface area contributed by atoms with Gasteiger partial charge in [0, 0.05) is 12.3 Å². The lowest BCUT2D eigenvalue weighted by molar-refractivity contribution is 0.00635. The number of anilines is 1. The smallest absolute Gasteiger partial charge is 0.122 e. The quantitative estimate of drug-likeness (QED) is 0.851. The van der Waals surface area contributed by atoms with E-state index in [1.807, 2.05) is 18.4 Å². The minimum absolute atomic E-state index is 0.142. The molecule has 0 aliphatic carbocycles. The zero-order valence-corrected chi connectivity index (χ0v) is 10.7. The molecule has 2 N–H and O–H groups in total. The highest BCUT2D eigenvalue weighted by Gasteiger charge is 2.32. The van der Waals surface area contributed by atoms with Crippen molar-refractivity contribution < 1.29 is 4.74 Å². The maximum atomic E-state index is 9.09. The Balaban J connectivity index is 2.37. The first-order valence-electron chi connectivity index (χ1n) is 5.98. The lowest BCUT2D eigenvalue weighted by Gasteiger charge is -2.25. The first-order chi connectivity index (χ1) is 7.98. The lowest BCUT2D eigenvalue weighted by Crippen LogP contribution is -2.30. The molecule has 0 saturated carbocycles. The number of hydrogen-bond donors (Lipinski definition) is 1. The van der Waals surface area contributed by atoms with Gasteiger partial charge in [0.15, 0.2) is 0 Å². The highest BCUT2D eigenvalue weighted by atomic mass is 16.5. The van der Waals surface area contributed by atoms with Gasteiger partial charge in [-0.1, -0.05) is 0 Å². The normalized spacial score (nSPS) is 23.9. The summed E-state index contributed by atoms with van der Waals surface area (Å²) >= 11 is 0. The molecule has 2 rings (SSSR count). The van der Waals surface area contributed by atoms with Gasteiger partial charge in [-0.3, -0.25) is 0 Å². The van der Waals surface area contributed by atoms with E-state index in [9.17, 15) is 0 Å². The summed E-state index contributed by atoms with van der Waals surface area (Å²) in [6.45, 7) is 7.61. The van der Waals surface area contributed by atoms with Crippen molar-refractivity contribution in [2.24, 2.45) is 0 Å². The maximum absolute atomic E-state index is 9.09. The second-order valence-corrected chi connectivity index (χ2v) is 5.07. The average Bonchev–Trinajstić information content (AvgIpc) is 2.79. The molecule has 0 aromatic carbocycles. The van der Waals surface area contributed by atoms with Crippen LogP contribution in [0.25, 0.3) is 0 Å². The molecule has 17 heavy (non-hydrogen) atoms. The van der Waals surface area contributed by atoms with Gasteiger partial charge in [0.1, 0.15) is 11.9 Å². The van der Waals surface area contributed by atoms with Crippen LogP contribution in [0.4, 0.5) is 5.82 Å². The van der Waals surface area contributed by atoms with Crippen LogP contribution in [0.3, 0.4) is 0 Å². The second-order valence-electron chi connectivity index (χ2n) is 5.07. The van der Waals surface area contributed by atoms with Crippen LogP contribution in [0.5, 0.6) is 0 Å². The third-order valence-electron chi connectivity index (χ3n) is 3.77. The minimum Gasteiger partial charge on any atom is -0.384 e. The Labute approximate surface area is 102 Å². The SMILES string of the molecule is Cc1c(C#N)c(N)n(CC2(C)CCCO2)c1C. The molecule has 1 unspecified atom stereocenters. The summed E-state index contributed by atoms with van der Waals surface area (Å²) in [5, 5.41) is 9.09. The van der Waals surface area contributed by atoms with Gasteiger partial charge >= 0.3 is 0 Å². The van der Waals surface area contributed by atoms with Crippen molar-refractivity contribution in [3.63, 3.8) is 0 Å². The Kier molecular flexibility index (Phi) is 2.88. The predicted octanol–water partition coefficient (Wildman–Crippen LogP) is 2.13. The summed E-state index contributed by atoms with van der Waals surface area (Å²) in [6.07, 6.45) is 2.14. The molecule has 1 aromatic heterocycles. The second kappa shape index (κ2) is 4.08. The molecule has 0 spiro atoms. The Hall–Kier alpha value is -1.47. The summed E-state index contributed by atoms with van der Waals surface area (Å²) in [6, 6.07) is 2.18. The topological polar surface area (TPSA) is 64.0 Å². The predicted molar refractivity (Wildman–Crippen MR) is 66.6 cm³/mol. The van der Waals surface area contributed by atoms with Gasteiger partial charge in [-0.2, -0.15) is 5.26 Å². The Morgan fingerprint density at radius 1 is 1.53 bits per heavy atom. The van der Waals surface area contributed by atoms with E-state index in [2.05, 4.69) is 13.0 Å². The summed E-state index contributed by atoms with van der Waals surface area (Å²) in [5.74, 6) is 0.569. The van der Waals surface area contributed by atoms with Crippen LogP contribution < -0.4 is 5.73 Å². The van der Waals surface area contributed by atoms with Crippen molar-refractivity contribution in [1.29, 1.82) is 5.26 Å². The fraction of sp³-hybridized carbons (Fsp3) is 0.615. The van der Waals surface area contributed by atoms with Crippen LogP contribution in [0.15, 0.2) is 0 Å². The molecule has 92 valence electrons. The zero-order valence-electron chi connectivity index (χ0n) is 10.7. The molecular formula is C13H19N3O. The summed E-state index contributed by atoms with van der Waals surface area (Å²) < 4.78 is 7.79. The molecule has 4 nitrogen and oxygen atoms in total. The zero-order chi connectivity index (χ0) is 12.6. The van der Waals surface area contributed by atoms with Crippen LogP contribution in [0.2, 0.25) is 0 Å². The largest absolute Gasteiger partial charge is 0.384 e. The van der Waals surface area contributed by atoms with Crippen molar-refractivity contribution in [2.45, 2.75) is 45.8 Å². The molecule has 0 bridgehead atoms. The van der Waals surface area contributed by atoms with Gasteiger partial charge in [-0.05, 0) is 39.2 Å². The van der Waals surface area contributed by atoms with Gasteiger partial charge in [-0.15, -0.1) is 0 Å². The van der Waals surface area contributed by atoms with Gasteiger partial charge in [0.05, 0.1) is 17.7 Å². The number of nitrogens with two attached hydrogens (primary N) is 1. The summed E-state index contributed by atoms with van der Waals surface area (Å²) in [5.41, 5.74) is 8.54. The fourth-order valence-electron chi connectivity index (χ4n) is 2.53. The highest BCUT2D eigenvalue weighted by Crippen LogP contribution is 2.31. The number of hydrogen-bond acceptors (Lipinski definition) is 3. The third kappa shape index (κ3) is 1.91. The van der Waals surface area contributed by atoms with Crippen molar-refractivity contribution in [1.82, 2.24) is 4.57 Å². The van der Waals surface area contributed by atoms with E-state index in [-0.39, 0.29) is 5.60 Å². The maximum Gasteiger partial charge on any atom is 0.122 e. The van der Waals surface area contributed by atoms with E-state index in [1.165, 1.54) is 0 Å². The Morgan fingerprint density at radius 3 is 2.71 bits per heavy atom. The third-order valence-corrected chi connectivity index (χ3v) is 3.77. The van der Waals surface area contributed by atoms with E-state index in [1.54, 1.807) is 0 Å². The average molecular weight is 233 g/mol. The van der Waals surface area contributed by atoms with Crippen LogP contribution >= 0.6 is 0 Å². The standard InChI is InChI=1S/C13H19N3O/c1-9-10(2)16(12(15)11(9)7-14)8-13(3)5-4-6-17-13/h4-6,8,15H2,1-3H3. The Bertz CT molecular complexity index is 476. The molecule has 1 aliphatic rings. The molecule has 0 radical (unpaired) electrons. The molecule has 1 aliphatic heterocycles. The van der Waals surface area contributed by atoms with Crippen LogP contribution in [-0.2, 0) is 11.3 Å². The molecule has 2 heterocycles. The Morgan fingerprint density at radius 2 is 2.24 bits per heavy atom. The monoisotopic (exact) mass is 233 g/mol. The van der Waals surface area contributed by atoms with Crippen LogP contribution in [0.1, 0.15) is 36.6 Å². The minimum atomic E-state index is -0.142. The van der Waals surface area contributed by atoms with Crippen molar-refractivity contribution >= 4 is 5.82 Å². The van der Waals surface area contributed by atoms with Crippen LogP contribution in [0, 0.1) is 25.2 Å². The number of rotatable bonds is 2. The fourth-order valence-corrected chi connectivity index (χ4v) is 2.53. The summed E-state index contributed by atoms with van der Waals surface area (Å²) in [7, 11) is 0. The van der Waals surface area contributed by atoms with E-state index < -0.39 is 0 Å². The van der Waals surface area contributed by atoms with Crippen molar-refractivity contribution in [3.05, 3.63) is 16.8 Å². The van der Waals surface area contributed by atoms with Crippen LogP contribution in [-0.4, -0.2) is 16.8 Å². The van der Waals surface area contributed by atoms with Gasteiger partial charge < -0.3 is 15.0 Å². The summed E-state index contributed by atoms with van der Waals surface area (Å²) in [4.78, 5) is 0. The van der Waals surface area contributed by atoms with Gasteiger partial charge in [0.25, 0.3) is 0 Å². The number of ether oxygens (including phenoxy) is 1. The van der Waals surface area contributed by atoms with Crippen molar-refractivity contribution in [3.8, 4) is 6.07 Å². The van der Waals surface area contributed by atoms with Crippen molar-refractivity contribution in [2.75, 3.05) is 12.3 Å². The molecule has 1 saturated heterocycles. The van der Waals surface area contributed by atoms with Gasteiger partial charge in [0.2, 0.25) is 0 Å². The molecule has 1 fully saturated rings. The highest BCUT2D eigenvalue weighted by molar-refractivity contribution is 5.57. The van der Waals surface area contributed by atoms with Gasteiger partial charge in [-0.25, -0.2) is 0 Å². The van der Waals surface area contributed by atoms with E-state index >= 15 is 0 Å². The van der Waals surface area contributed by atoms with E-state index in [4.69, 9.17) is 15.7 Å². The van der Waals surface area contributed by atoms with E-state index in [0.717, 1.165) is 37.3 Å². The molecule has 1 aromatic rings. The lowest BCUT2D eigenvalue weighted by atomic mass is 10.0. The molecule has 4 heteroatoms. The molecule has 1 atom stereocenters.